The van der Waals surface area contributed by atoms with Gasteiger partial charge in [-0.3, -0.25) is 0 Å². The molecule has 0 aromatic heterocycles. The Morgan fingerprint density at radius 2 is 1.73 bits per heavy atom. The van der Waals surface area contributed by atoms with E-state index in [1.807, 2.05) is 32.3 Å². The lowest BCUT2D eigenvalue weighted by atomic mass is 9.97. The molecule has 0 aliphatic rings. The highest BCUT2D eigenvalue weighted by Crippen LogP contribution is 2.32. The number of methoxy groups -OCH3 is 1. The van der Waals surface area contributed by atoms with Crippen molar-refractivity contribution in [2.75, 3.05) is 39.3 Å². The fourth-order valence-corrected chi connectivity index (χ4v) is 2.92. The van der Waals surface area contributed by atoms with E-state index in [4.69, 9.17) is 9.47 Å². The van der Waals surface area contributed by atoms with Gasteiger partial charge in [-0.1, -0.05) is 30.3 Å². The largest absolute Gasteiger partial charge is 0.490 e. The van der Waals surface area contributed by atoms with E-state index in [9.17, 15) is 5.26 Å². The average molecular weight is 346 g/mol. The van der Waals surface area contributed by atoms with Crippen molar-refractivity contribution in [2.45, 2.75) is 0 Å². The zero-order valence-corrected chi connectivity index (χ0v) is 15.3. The maximum atomic E-state index is 9.66. The number of rotatable bonds is 6. The number of fused-ring (bicyclic) bond motifs is 1. The molecule has 0 aliphatic heterocycles. The molecule has 0 saturated heterocycles. The van der Waals surface area contributed by atoms with Gasteiger partial charge in [-0.15, -0.1) is 0 Å². The standard InChI is InChI=1S/C22H22N2O2/c1-24(2)19-10-9-16-13-18(8-7-17(16)14-19)20-5-4-6-22(21(20)15-23)26-12-11-25-3/h4-10,13-14H,11-12H2,1-3H3. The molecule has 132 valence electrons. The van der Waals surface area contributed by atoms with E-state index >= 15 is 0 Å². The molecular formula is C22H22N2O2. The van der Waals surface area contributed by atoms with Crippen LogP contribution < -0.4 is 9.64 Å². The first kappa shape index (κ1) is 17.8. The van der Waals surface area contributed by atoms with Gasteiger partial charge in [0.05, 0.1) is 6.61 Å². The van der Waals surface area contributed by atoms with Gasteiger partial charge in [0.15, 0.2) is 0 Å². The number of anilines is 1. The van der Waals surface area contributed by atoms with Gasteiger partial charge in [0, 0.05) is 32.5 Å². The van der Waals surface area contributed by atoms with E-state index in [1.54, 1.807) is 7.11 Å². The molecule has 0 radical (unpaired) electrons. The van der Waals surface area contributed by atoms with Crippen LogP contribution in [0.15, 0.2) is 54.6 Å². The molecule has 0 fully saturated rings. The van der Waals surface area contributed by atoms with Crippen LogP contribution in [0.5, 0.6) is 5.75 Å². The van der Waals surface area contributed by atoms with Crippen molar-refractivity contribution < 1.29 is 9.47 Å². The van der Waals surface area contributed by atoms with Crippen LogP contribution in [-0.2, 0) is 4.74 Å². The highest BCUT2D eigenvalue weighted by atomic mass is 16.5. The molecular weight excluding hydrogens is 324 g/mol. The summed E-state index contributed by atoms with van der Waals surface area (Å²) in [4.78, 5) is 2.09. The van der Waals surface area contributed by atoms with Crippen molar-refractivity contribution in [1.29, 1.82) is 5.26 Å². The summed E-state index contributed by atoms with van der Waals surface area (Å²) in [7, 11) is 5.69. The molecule has 4 nitrogen and oxygen atoms in total. The van der Waals surface area contributed by atoms with E-state index in [-0.39, 0.29) is 0 Å². The lowest BCUT2D eigenvalue weighted by Gasteiger charge is -2.14. The van der Waals surface area contributed by atoms with Crippen LogP contribution >= 0.6 is 0 Å². The van der Waals surface area contributed by atoms with Crippen LogP contribution in [0.3, 0.4) is 0 Å². The minimum atomic E-state index is 0.416. The molecule has 0 saturated carbocycles. The Labute approximate surface area is 154 Å². The third kappa shape index (κ3) is 3.63. The Hall–Kier alpha value is -3.03. The monoisotopic (exact) mass is 346 g/mol. The third-order valence-corrected chi connectivity index (χ3v) is 4.33. The summed E-state index contributed by atoms with van der Waals surface area (Å²) < 4.78 is 10.7. The second-order valence-corrected chi connectivity index (χ2v) is 6.27. The van der Waals surface area contributed by atoms with Crippen LogP contribution in [0.25, 0.3) is 21.9 Å². The summed E-state index contributed by atoms with van der Waals surface area (Å²) in [5, 5.41) is 12.0. The van der Waals surface area contributed by atoms with Gasteiger partial charge >= 0.3 is 0 Å². The van der Waals surface area contributed by atoms with Gasteiger partial charge in [-0.25, -0.2) is 0 Å². The predicted octanol–water partition coefficient (Wildman–Crippen LogP) is 4.47. The van der Waals surface area contributed by atoms with Crippen LogP contribution in [-0.4, -0.2) is 34.4 Å². The molecule has 0 aliphatic carbocycles. The predicted molar refractivity (Wildman–Crippen MR) is 106 cm³/mol. The maximum Gasteiger partial charge on any atom is 0.137 e. The molecule has 0 atom stereocenters. The summed E-state index contributed by atoms with van der Waals surface area (Å²) in [6.45, 7) is 0.902. The molecule has 0 unspecified atom stereocenters. The van der Waals surface area contributed by atoms with Gasteiger partial charge in [-0.2, -0.15) is 5.26 Å². The Bertz CT molecular complexity index is 958. The molecule has 26 heavy (non-hydrogen) atoms. The van der Waals surface area contributed by atoms with E-state index in [2.05, 4.69) is 47.4 Å². The number of ether oxygens (including phenoxy) is 2. The van der Waals surface area contributed by atoms with E-state index in [0.717, 1.165) is 22.2 Å². The SMILES string of the molecule is COCCOc1cccc(-c2ccc3cc(N(C)C)ccc3c2)c1C#N. The summed E-state index contributed by atoms with van der Waals surface area (Å²) >= 11 is 0. The lowest BCUT2D eigenvalue weighted by molar-refractivity contribution is 0.146. The summed E-state index contributed by atoms with van der Waals surface area (Å²) in [6, 6.07) is 20.6. The summed E-state index contributed by atoms with van der Waals surface area (Å²) in [6.07, 6.45) is 0. The summed E-state index contributed by atoms with van der Waals surface area (Å²) in [5.74, 6) is 0.588. The second kappa shape index (κ2) is 7.90. The van der Waals surface area contributed by atoms with E-state index < -0.39 is 0 Å². The van der Waals surface area contributed by atoms with Crippen LogP contribution in [0, 0.1) is 11.3 Å². The summed E-state index contributed by atoms with van der Waals surface area (Å²) in [5.41, 5.74) is 3.59. The number of benzene rings is 3. The smallest absolute Gasteiger partial charge is 0.137 e. The molecule has 0 bridgehead atoms. The zero-order valence-electron chi connectivity index (χ0n) is 15.3. The van der Waals surface area contributed by atoms with Gasteiger partial charge in [0.25, 0.3) is 0 Å². The van der Waals surface area contributed by atoms with Crippen molar-refractivity contribution in [3.63, 3.8) is 0 Å². The fraction of sp³-hybridized carbons (Fsp3) is 0.227. The molecule has 3 aromatic carbocycles. The quantitative estimate of drug-likeness (QED) is 0.618. The van der Waals surface area contributed by atoms with E-state index in [0.29, 0.717) is 24.5 Å². The van der Waals surface area contributed by atoms with Gasteiger partial charge in [0.2, 0.25) is 0 Å². The Kier molecular flexibility index (Phi) is 5.40. The average Bonchev–Trinajstić information content (AvgIpc) is 2.67. The Morgan fingerprint density at radius 1 is 0.962 bits per heavy atom. The van der Waals surface area contributed by atoms with Crippen molar-refractivity contribution >= 4 is 16.5 Å². The first-order chi connectivity index (χ1) is 12.6. The number of nitrogens with zero attached hydrogens (tertiary/aromatic N) is 2. The number of hydrogen-bond donors (Lipinski definition) is 0. The Balaban J connectivity index is 2.01. The molecule has 0 spiro atoms. The topological polar surface area (TPSA) is 45.5 Å². The van der Waals surface area contributed by atoms with Gasteiger partial charge in [0.1, 0.15) is 24.0 Å². The molecule has 3 aromatic rings. The van der Waals surface area contributed by atoms with Gasteiger partial charge in [-0.05, 0) is 40.6 Å². The first-order valence-corrected chi connectivity index (χ1v) is 8.50. The minimum Gasteiger partial charge on any atom is -0.490 e. The maximum absolute atomic E-state index is 9.66. The van der Waals surface area contributed by atoms with Crippen LogP contribution in [0.4, 0.5) is 5.69 Å². The van der Waals surface area contributed by atoms with E-state index in [1.165, 1.54) is 5.39 Å². The number of hydrogen-bond acceptors (Lipinski definition) is 4. The lowest BCUT2D eigenvalue weighted by Crippen LogP contribution is -2.08. The molecule has 4 heteroatoms. The Morgan fingerprint density at radius 3 is 2.46 bits per heavy atom. The van der Waals surface area contributed by atoms with Crippen molar-refractivity contribution in [2.24, 2.45) is 0 Å². The highest BCUT2D eigenvalue weighted by molar-refractivity contribution is 5.90. The van der Waals surface area contributed by atoms with Crippen molar-refractivity contribution in [1.82, 2.24) is 0 Å². The second-order valence-electron chi connectivity index (χ2n) is 6.27. The van der Waals surface area contributed by atoms with Crippen molar-refractivity contribution in [3.05, 3.63) is 60.2 Å². The molecule has 3 rings (SSSR count). The number of nitriles is 1. The molecule has 0 amide bonds. The van der Waals surface area contributed by atoms with Crippen molar-refractivity contribution in [3.8, 4) is 22.9 Å². The molecule has 0 N–H and O–H groups in total. The fourth-order valence-electron chi connectivity index (χ4n) is 2.92. The van der Waals surface area contributed by atoms with Crippen LogP contribution in [0.1, 0.15) is 5.56 Å². The minimum absolute atomic E-state index is 0.416. The van der Waals surface area contributed by atoms with Crippen LogP contribution in [0.2, 0.25) is 0 Å². The highest BCUT2D eigenvalue weighted by Gasteiger charge is 2.12. The normalized spacial score (nSPS) is 10.5. The van der Waals surface area contributed by atoms with Gasteiger partial charge < -0.3 is 14.4 Å². The molecule has 0 heterocycles. The first-order valence-electron chi connectivity index (χ1n) is 8.50. The third-order valence-electron chi connectivity index (χ3n) is 4.33. The zero-order chi connectivity index (χ0) is 18.5.